The Bertz CT molecular complexity index is 6180. The van der Waals surface area contributed by atoms with Crippen molar-refractivity contribution < 1.29 is 14.4 Å². The number of para-hydroxylation sites is 4. The SMILES string of the molecule is CC(C)(C)c1ccc(NN)cc1.CC(C)(C)c1ccc2[nH]c3c(c2c1)C(C)(C)c1ccccc1-3.CC1(C)C(=O)Cc2ccccc21.CC1(C)CC(=O)c2ccccc21.CC1(C)CC(=O)c2ccccc21.CC1(C)c2ccccc2-c2[nH]c3ccccc3c21.CC1(C)c2ccccc2-c2c1[nH]c1ccccc21.Cl.Cl.Cl.NNc1ccccc1.NNc1ccccc1. The topological polar surface area (TPSA) is 213 Å². The van der Waals surface area contributed by atoms with Crippen LogP contribution in [0, 0.1) is 0 Å². The van der Waals surface area contributed by atoms with E-state index in [1.807, 2.05) is 141 Å². The molecule has 6 aliphatic carbocycles. The van der Waals surface area contributed by atoms with Gasteiger partial charge in [-0.1, -0.05) is 347 Å². The van der Waals surface area contributed by atoms with E-state index < -0.39 is 0 Å². The predicted octanol–water partition coefficient (Wildman–Crippen LogP) is 27.4. The van der Waals surface area contributed by atoms with Crippen molar-refractivity contribution in [2.75, 3.05) is 16.3 Å². The van der Waals surface area contributed by atoms with Crippen LogP contribution < -0.4 is 33.8 Å². The van der Waals surface area contributed by atoms with Gasteiger partial charge >= 0.3 is 0 Å². The van der Waals surface area contributed by atoms with E-state index in [1.54, 1.807) is 0 Å². The summed E-state index contributed by atoms with van der Waals surface area (Å²) in [5.74, 6) is 16.4. The van der Waals surface area contributed by atoms with Gasteiger partial charge in [-0.3, -0.25) is 31.9 Å². The summed E-state index contributed by atoms with van der Waals surface area (Å²) in [5.41, 5.74) is 40.7. The van der Waals surface area contributed by atoms with Crippen LogP contribution in [-0.2, 0) is 54.5 Å². The molecule has 6 aliphatic rings. The van der Waals surface area contributed by atoms with Crippen molar-refractivity contribution in [3.63, 3.8) is 0 Å². The molecule has 3 aromatic heterocycles. The fourth-order valence-electron chi connectivity index (χ4n) is 18.3. The summed E-state index contributed by atoms with van der Waals surface area (Å²) in [6, 6.07) is 102. The Morgan fingerprint density at radius 3 is 1.06 bits per heavy atom. The van der Waals surface area contributed by atoms with Crippen LogP contribution in [0.2, 0.25) is 0 Å². The Balaban J connectivity index is 0.000000149. The molecule has 0 aliphatic heterocycles. The quantitative estimate of drug-likeness (QED) is 0.0607. The molecular weight excluding hydrogens is 1600 g/mol. The molecule has 12 aromatic carbocycles. The maximum absolute atomic E-state index is 11.6. The predicted molar refractivity (Wildman–Crippen MR) is 534 cm³/mol. The molecule has 0 amide bonds. The van der Waals surface area contributed by atoms with Crippen molar-refractivity contribution in [1.82, 2.24) is 15.0 Å². The van der Waals surface area contributed by atoms with Gasteiger partial charge in [-0.25, -0.2) is 0 Å². The zero-order valence-electron chi connectivity index (χ0n) is 75.6. The normalized spacial score (nSPS) is 15.1. The lowest BCUT2D eigenvalue weighted by atomic mass is 9.80. The van der Waals surface area contributed by atoms with Gasteiger partial charge in [0, 0.05) is 124 Å². The lowest BCUT2D eigenvalue weighted by Crippen LogP contribution is -2.23. The second-order valence-electron chi connectivity index (χ2n) is 38.2. The molecule has 0 saturated heterocycles. The highest BCUT2D eigenvalue weighted by atomic mass is 35.5. The van der Waals surface area contributed by atoms with Gasteiger partial charge in [0.2, 0.25) is 0 Å². The van der Waals surface area contributed by atoms with E-state index in [2.05, 4.69) is 312 Å². The van der Waals surface area contributed by atoms with E-state index in [0.29, 0.717) is 25.0 Å². The van der Waals surface area contributed by atoms with Crippen molar-refractivity contribution in [2.45, 2.75) is 187 Å². The minimum atomic E-state index is -0.253. The molecule has 3 heterocycles. The maximum Gasteiger partial charge on any atom is 0.164 e. The number of nitrogens with two attached hydrogens (primary N) is 3. The summed E-state index contributed by atoms with van der Waals surface area (Å²) in [6.07, 6.45) is 1.93. The van der Waals surface area contributed by atoms with Crippen LogP contribution in [-0.4, -0.2) is 32.3 Å². The molecule has 0 radical (unpaired) electrons. The van der Waals surface area contributed by atoms with Gasteiger partial charge in [-0.15, -0.1) is 37.2 Å². The van der Waals surface area contributed by atoms with E-state index in [0.717, 1.165) is 28.2 Å². The van der Waals surface area contributed by atoms with Crippen LogP contribution in [0.15, 0.2) is 297 Å². The molecule has 0 saturated carbocycles. The van der Waals surface area contributed by atoms with E-state index >= 15 is 0 Å². The van der Waals surface area contributed by atoms with Crippen LogP contribution >= 0.6 is 37.2 Å². The minimum absolute atomic E-state index is 0. The number of carbonyl (C=O) groups excluding carboxylic acids is 3. The van der Waals surface area contributed by atoms with E-state index in [9.17, 15) is 14.4 Å². The molecule has 0 bridgehead atoms. The number of ketones is 3. The highest BCUT2D eigenvalue weighted by Crippen LogP contribution is 2.55. The van der Waals surface area contributed by atoms with Crippen molar-refractivity contribution in [2.24, 2.45) is 17.5 Å². The number of aromatic nitrogens is 3. The number of benzene rings is 12. The summed E-state index contributed by atoms with van der Waals surface area (Å²) < 4.78 is 0. The molecule has 21 rings (SSSR count). The lowest BCUT2D eigenvalue weighted by Gasteiger charge is -2.23. The number of hydrogen-bond acceptors (Lipinski definition) is 9. The molecule has 0 unspecified atom stereocenters. The Labute approximate surface area is 758 Å². The molecular formula is C110H124Cl3N9O3. The number of hydrogen-bond donors (Lipinski definition) is 9. The number of H-pyrrole nitrogens is 3. The van der Waals surface area contributed by atoms with Crippen LogP contribution in [0.1, 0.15) is 225 Å². The number of rotatable bonds is 3. The third kappa shape index (κ3) is 19.8. The molecule has 0 atom stereocenters. The Morgan fingerprint density at radius 2 is 0.640 bits per heavy atom. The van der Waals surface area contributed by atoms with E-state index in [4.69, 9.17) is 17.5 Å². The summed E-state index contributed by atoms with van der Waals surface area (Å²) in [7, 11) is 0. The zero-order valence-corrected chi connectivity index (χ0v) is 78.0. The Morgan fingerprint density at radius 1 is 0.304 bits per heavy atom. The van der Waals surface area contributed by atoms with Gasteiger partial charge in [0.05, 0.1) is 11.4 Å². The van der Waals surface area contributed by atoms with Crippen LogP contribution in [0.5, 0.6) is 0 Å². The standard InChI is InChI=1S/C21H23N.2C17H15N.3C11H12O.C10H16N2.2C6H8N2.3ClH/c1-20(2,3)13-10-11-17-15(12-13)18-19(22-17)14-8-6-7-9-16(14)21(18,4)5;1-17(2)13-9-5-3-7-11(13)16-15(17)12-8-4-6-10-14(12)18-16;1-17(2)13-9-5-3-7-11(13)15-12-8-4-6-10-14(12)18-16(15)17;2*1-11(2)7-10(12)8-5-3-4-6-9(8)11;1-11(2)9-6-4-3-5-8(9)7-10(11)12;1-10(2,3)8-4-6-9(12-11)7-5-8;2*7-8-6-4-2-1-3-5-6;;;/h6-12,22H,1-5H3;2*3-10,18H,1-2H3;3*3-6H,7H2,1-2H3;4-7,12H,11H2,1-3H3;2*1-5,8H,7H2;3*1H. The molecule has 15 aromatic rings. The molecule has 15 heteroatoms. The smallest absolute Gasteiger partial charge is 0.164 e. The monoisotopic (exact) mass is 1720 g/mol. The minimum Gasteiger partial charge on any atom is -0.357 e. The third-order valence-corrected chi connectivity index (χ3v) is 25.2. The van der Waals surface area contributed by atoms with Crippen LogP contribution in [0.3, 0.4) is 0 Å². The summed E-state index contributed by atoms with van der Waals surface area (Å²) >= 11 is 0. The highest BCUT2D eigenvalue weighted by molar-refractivity contribution is 6.04. The molecule has 0 spiro atoms. The average Bonchev–Trinajstić information content (AvgIpc) is 1.56. The highest BCUT2D eigenvalue weighted by Gasteiger charge is 2.43. The number of hydrazine groups is 3. The first-order valence-corrected chi connectivity index (χ1v) is 42.6. The van der Waals surface area contributed by atoms with Gasteiger partial charge in [-0.05, 0) is 163 Å². The van der Waals surface area contributed by atoms with E-state index in [-0.39, 0.29) is 92.1 Å². The van der Waals surface area contributed by atoms with Gasteiger partial charge in [0.25, 0.3) is 0 Å². The van der Waals surface area contributed by atoms with Crippen LogP contribution in [0.25, 0.3) is 66.4 Å². The second-order valence-corrected chi connectivity index (χ2v) is 38.2. The summed E-state index contributed by atoms with van der Waals surface area (Å²) in [4.78, 5) is 45.4. The maximum atomic E-state index is 11.6. The molecule has 12 N–H and O–H groups in total. The number of halogens is 3. The van der Waals surface area contributed by atoms with E-state index in [1.165, 1.54) is 133 Å². The summed E-state index contributed by atoms with van der Waals surface area (Å²) in [6.45, 7) is 39.8. The van der Waals surface area contributed by atoms with Gasteiger partial charge in [0.1, 0.15) is 5.78 Å². The van der Waals surface area contributed by atoms with Gasteiger partial charge < -0.3 is 31.2 Å². The molecule has 0 fully saturated rings. The molecule has 648 valence electrons. The summed E-state index contributed by atoms with van der Waals surface area (Å²) in [5, 5.41) is 4.07. The van der Waals surface area contributed by atoms with Gasteiger partial charge in [-0.2, -0.15) is 0 Å². The molecule has 125 heavy (non-hydrogen) atoms. The van der Waals surface area contributed by atoms with Crippen molar-refractivity contribution in [3.8, 4) is 33.6 Å². The third-order valence-electron chi connectivity index (χ3n) is 25.2. The Kier molecular flexibility index (Phi) is 29.5. The van der Waals surface area contributed by atoms with Crippen molar-refractivity contribution >= 4 is 104 Å². The fraction of sp³-hybridized carbons (Fsp3) is 0.264. The van der Waals surface area contributed by atoms with Crippen molar-refractivity contribution in [3.05, 3.63) is 375 Å². The number of aromatic amines is 3. The number of nitrogens with one attached hydrogen (secondary N) is 6. The number of anilines is 3. The number of Topliss-reactive ketones (excluding diaryl/α,β-unsaturated/α-hetero) is 3. The average molecular weight is 1730 g/mol. The zero-order chi connectivity index (χ0) is 87.5. The second kappa shape index (κ2) is 38.5. The first kappa shape index (κ1) is 95.6. The first-order valence-electron chi connectivity index (χ1n) is 42.6. The van der Waals surface area contributed by atoms with Crippen LogP contribution in [0.4, 0.5) is 17.1 Å². The first-order chi connectivity index (χ1) is 57.9. The lowest BCUT2D eigenvalue weighted by molar-refractivity contribution is -0.121. The van der Waals surface area contributed by atoms with Gasteiger partial charge in [0.15, 0.2) is 11.6 Å². The molecule has 12 nitrogen and oxygen atoms in total. The Hall–Kier alpha value is -11.6. The number of fused-ring (bicyclic) bond motifs is 18. The number of carbonyl (C=O) groups is 3. The number of nitrogen functional groups attached to an aromatic ring is 3. The largest absolute Gasteiger partial charge is 0.357 e. The fourth-order valence-corrected chi connectivity index (χ4v) is 18.3. The van der Waals surface area contributed by atoms with Crippen molar-refractivity contribution in [1.29, 1.82) is 0 Å².